The molecule has 0 bridgehead atoms. The smallest absolute Gasteiger partial charge is 0.254 e. The van der Waals surface area contributed by atoms with Gasteiger partial charge in [-0.3, -0.25) is 0 Å². The highest BCUT2D eigenvalue weighted by atomic mass is 32.1. The molecule has 0 spiro atoms. The number of hydrogen-bond acceptors (Lipinski definition) is 3. The van der Waals surface area contributed by atoms with Gasteiger partial charge in [-0.2, -0.15) is 0 Å². The lowest BCUT2D eigenvalue weighted by atomic mass is 9.33. The molecule has 4 heteroatoms. The van der Waals surface area contributed by atoms with Crippen LogP contribution in [-0.2, 0) is 21.7 Å². The molecule has 0 fully saturated rings. The largest absolute Gasteiger partial charge is 0.311 e. The zero-order valence-electron chi connectivity index (χ0n) is 37.8. The van der Waals surface area contributed by atoms with Crippen molar-refractivity contribution >= 4 is 78.0 Å². The number of aryl methyl sites for hydroxylation is 2. The first-order valence-electron chi connectivity index (χ1n) is 22.1. The third-order valence-corrected chi connectivity index (χ3v) is 15.3. The molecular weight excluding hydrogens is 744 g/mol. The van der Waals surface area contributed by atoms with Crippen molar-refractivity contribution in [2.24, 2.45) is 0 Å². The molecule has 3 aliphatic rings. The molecule has 1 aromatic heterocycles. The highest BCUT2D eigenvalue weighted by Crippen LogP contribution is 2.53. The lowest BCUT2D eigenvalue weighted by Gasteiger charge is -2.47. The summed E-state index contributed by atoms with van der Waals surface area (Å²) in [5, 5.41) is 2.72. The molecule has 2 nitrogen and oxygen atoms in total. The average molecular weight is 803 g/mol. The molecule has 0 N–H and O–H groups in total. The summed E-state index contributed by atoms with van der Waals surface area (Å²) in [7, 11) is 0. The number of thiophene rings is 1. The zero-order valence-corrected chi connectivity index (χ0v) is 38.6. The summed E-state index contributed by atoms with van der Waals surface area (Å²) in [6.07, 6.45) is 2.35. The molecular formula is C56H59BN2S. The van der Waals surface area contributed by atoms with Crippen LogP contribution in [-0.4, -0.2) is 6.71 Å². The molecule has 0 saturated heterocycles. The summed E-state index contributed by atoms with van der Waals surface area (Å²) in [6, 6.07) is 45.2. The molecule has 1 aliphatic carbocycles. The Morgan fingerprint density at radius 2 is 1.17 bits per heavy atom. The minimum Gasteiger partial charge on any atom is -0.311 e. The maximum absolute atomic E-state index is 2.68. The van der Waals surface area contributed by atoms with Crippen LogP contribution in [0.1, 0.15) is 115 Å². The van der Waals surface area contributed by atoms with Gasteiger partial charge in [0, 0.05) is 33.0 Å². The number of anilines is 6. The number of fused-ring (bicyclic) bond motifs is 7. The second-order valence-electron chi connectivity index (χ2n) is 21.5. The topological polar surface area (TPSA) is 6.48 Å². The molecule has 6 aromatic carbocycles. The minimum absolute atomic E-state index is 0.00170. The Bertz CT molecular complexity index is 2860. The molecule has 0 radical (unpaired) electrons. The van der Waals surface area contributed by atoms with Gasteiger partial charge in [0.25, 0.3) is 6.71 Å². The molecule has 3 heterocycles. The molecule has 0 unspecified atom stereocenters. The fourth-order valence-electron chi connectivity index (χ4n) is 10.5. The molecule has 0 atom stereocenters. The Balaban J connectivity index is 1.35. The number of nitrogens with zero attached hydrogens (tertiary/aromatic N) is 2. The van der Waals surface area contributed by atoms with Crippen molar-refractivity contribution in [2.75, 3.05) is 9.80 Å². The van der Waals surface area contributed by atoms with Crippen LogP contribution in [0.4, 0.5) is 33.4 Å². The van der Waals surface area contributed by atoms with Gasteiger partial charge in [-0.15, -0.1) is 11.3 Å². The molecule has 60 heavy (non-hydrogen) atoms. The third kappa shape index (κ3) is 6.03. The van der Waals surface area contributed by atoms with E-state index in [1.54, 1.807) is 0 Å². The van der Waals surface area contributed by atoms with E-state index in [2.05, 4.69) is 208 Å². The van der Waals surface area contributed by atoms with Crippen LogP contribution in [0.2, 0.25) is 0 Å². The van der Waals surface area contributed by atoms with Crippen molar-refractivity contribution < 1.29 is 0 Å². The van der Waals surface area contributed by atoms with Gasteiger partial charge in [0.2, 0.25) is 0 Å². The number of benzene rings is 6. The number of rotatable bonds is 3. The first-order valence-corrected chi connectivity index (χ1v) is 22.9. The van der Waals surface area contributed by atoms with Crippen molar-refractivity contribution in [1.29, 1.82) is 0 Å². The van der Waals surface area contributed by atoms with E-state index in [-0.39, 0.29) is 28.4 Å². The average Bonchev–Trinajstić information content (AvgIpc) is 3.56. The van der Waals surface area contributed by atoms with Crippen molar-refractivity contribution in [3.8, 4) is 11.1 Å². The molecule has 0 saturated carbocycles. The van der Waals surface area contributed by atoms with E-state index in [0.717, 1.165) is 0 Å². The van der Waals surface area contributed by atoms with E-state index < -0.39 is 0 Å². The minimum atomic E-state index is 0.00170. The predicted molar refractivity (Wildman–Crippen MR) is 263 cm³/mol. The zero-order chi connectivity index (χ0) is 42.3. The van der Waals surface area contributed by atoms with E-state index >= 15 is 0 Å². The van der Waals surface area contributed by atoms with Crippen LogP contribution in [0.5, 0.6) is 0 Å². The predicted octanol–water partition coefficient (Wildman–Crippen LogP) is 14.2. The van der Waals surface area contributed by atoms with E-state index in [1.165, 1.54) is 117 Å². The molecule has 7 aromatic rings. The highest BCUT2D eigenvalue weighted by Gasteiger charge is 2.48. The van der Waals surface area contributed by atoms with Gasteiger partial charge in [-0.1, -0.05) is 142 Å². The Morgan fingerprint density at radius 3 is 1.82 bits per heavy atom. The van der Waals surface area contributed by atoms with Gasteiger partial charge in [0.05, 0.1) is 10.7 Å². The van der Waals surface area contributed by atoms with E-state index in [1.807, 2.05) is 11.3 Å². The molecule has 2 aliphatic heterocycles. The molecule has 0 amide bonds. The van der Waals surface area contributed by atoms with Crippen molar-refractivity contribution in [3.63, 3.8) is 0 Å². The van der Waals surface area contributed by atoms with Gasteiger partial charge in [0.1, 0.15) is 0 Å². The van der Waals surface area contributed by atoms with Crippen molar-refractivity contribution in [2.45, 2.75) is 118 Å². The maximum atomic E-state index is 2.68. The molecule has 302 valence electrons. The van der Waals surface area contributed by atoms with E-state index in [9.17, 15) is 0 Å². The van der Waals surface area contributed by atoms with Gasteiger partial charge in [-0.25, -0.2) is 0 Å². The fraction of sp³-hybridized carbons (Fsp3) is 0.321. The van der Waals surface area contributed by atoms with Crippen molar-refractivity contribution in [1.82, 2.24) is 0 Å². The Morgan fingerprint density at radius 1 is 0.550 bits per heavy atom. The van der Waals surface area contributed by atoms with Gasteiger partial charge in [-0.05, 0) is 152 Å². The van der Waals surface area contributed by atoms with Crippen LogP contribution < -0.4 is 26.2 Å². The first kappa shape index (κ1) is 39.1. The monoisotopic (exact) mass is 802 g/mol. The van der Waals surface area contributed by atoms with Gasteiger partial charge in [0.15, 0.2) is 0 Å². The standard InChI is InChI=1S/C56H59BN2S/c1-34-18-25-49-41(28-34)50-52(60-49)58(39-22-19-37(20-23-39)53(3,4)5)47-29-35(2)30-48-51(47)57(50)44-32-42-43(56(11,12)27-26-55(42,9)10)33-46(44)59(48)45-24-21-38(54(6,7)8)31-40(45)36-16-14-13-15-17-36/h13-25,28-33H,26-27H2,1-12H3. The van der Waals surface area contributed by atoms with E-state index in [4.69, 9.17) is 0 Å². The fourth-order valence-corrected chi connectivity index (χ4v) is 11.8. The second-order valence-corrected chi connectivity index (χ2v) is 22.5. The summed E-state index contributed by atoms with van der Waals surface area (Å²) in [6.45, 7) is 28.4. The van der Waals surface area contributed by atoms with E-state index in [0.29, 0.717) is 0 Å². The van der Waals surface area contributed by atoms with Crippen LogP contribution >= 0.6 is 11.3 Å². The summed E-state index contributed by atoms with van der Waals surface area (Å²) < 4.78 is 1.35. The highest BCUT2D eigenvalue weighted by molar-refractivity contribution is 7.26. The maximum Gasteiger partial charge on any atom is 0.254 e. The van der Waals surface area contributed by atoms with Crippen LogP contribution in [0.25, 0.3) is 21.2 Å². The lowest BCUT2D eigenvalue weighted by molar-refractivity contribution is 0.332. The van der Waals surface area contributed by atoms with Crippen LogP contribution in [0.15, 0.2) is 115 Å². The lowest BCUT2D eigenvalue weighted by Crippen LogP contribution is -2.61. The molecule has 10 rings (SSSR count). The summed E-state index contributed by atoms with van der Waals surface area (Å²) in [5.74, 6) is 0. The number of hydrogen-bond donors (Lipinski definition) is 0. The van der Waals surface area contributed by atoms with Gasteiger partial charge >= 0.3 is 0 Å². The SMILES string of the molecule is Cc1cc2c3c(c1)N(c1ccc(C(C)(C)C)cc1)c1sc4ccc(C)cc4c1B3c1cc3c(cc1N2c1ccc(C(C)(C)C)cc1-c1ccccc1)C(C)(C)CCC3(C)C. The second kappa shape index (κ2) is 13.2. The first-order chi connectivity index (χ1) is 28.3. The Hall–Kier alpha value is -5.06. The normalized spacial score (nSPS) is 16.4. The Labute approximate surface area is 363 Å². The van der Waals surface area contributed by atoms with Crippen LogP contribution in [0.3, 0.4) is 0 Å². The van der Waals surface area contributed by atoms with Crippen LogP contribution in [0, 0.1) is 13.8 Å². The third-order valence-electron chi connectivity index (χ3n) is 14.1. The summed E-state index contributed by atoms with van der Waals surface area (Å²) >= 11 is 1.96. The quantitative estimate of drug-likeness (QED) is 0.164. The Kier molecular flexibility index (Phi) is 8.62. The summed E-state index contributed by atoms with van der Waals surface area (Å²) in [5.41, 5.74) is 21.5. The van der Waals surface area contributed by atoms with Gasteiger partial charge < -0.3 is 9.80 Å². The summed E-state index contributed by atoms with van der Waals surface area (Å²) in [4.78, 5) is 5.29. The van der Waals surface area contributed by atoms with Crippen molar-refractivity contribution in [3.05, 3.63) is 149 Å².